The van der Waals surface area contributed by atoms with Gasteiger partial charge in [0.15, 0.2) is 0 Å². The van der Waals surface area contributed by atoms with E-state index < -0.39 is 0 Å². The third kappa shape index (κ3) is 2.52. The molecule has 20 heavy (non-hydrogen) atoms. The monoisotopic (exact) mass is 309 g/mol. The molecule has 0 saturated heterocycles. The van der Waals surface area contributed by atoms with Crippen LogP contribution in [0.4, 0.5) is 0 Å². The molecular formula is C15H20ClN3S. The number of nitrogens with zero attached hydrogens (tertiary/aromatic N) is 2. The minimum Gasteiger partial charge on any atom is -0.306 e. The Kier molecular flexibility index (Phi) is 3.89. The number of aromatic nitrogens is 2. The number of hydrogen-bond acceptors (Lipinski definition) is 3. The van der Waals surface area contributed by atoms with E-state index in [1.54, 1.807) is 11.3 Å². The number of nitrogens with one attached hydrogen (secondary N) is 1. The van der Waals surface area contributed by atoms with Crippen molar-refractivity contribution >= 4 is 22.9 Å². The van der Waals surface area contributed by atoms with E-state index in [4.69, 9.17) is 11.6 Å². The van der Waals surface area contributed by atoms with E-state index in [9.17, 15) is 0 Å². The van der Waals surface area contributed by atoms with E-state index in [-0.39, 0.29) is 0 Å². The molecule has 1 N–H and O–H groups in total. The second-order valence-corrected chi connectivity index (χ2v) is 7.30. The van der Waals surface area contributed by atoms with Crippen LogP contribution >= 0.6 is 22.9 Å². The van der Waals surface area contributed by atoms with Crippen LogP contribution in [0, 0.1) is 13.8 Å². The maximum atomic E-state index is 6.16. The second-order valence-electron chi connectivity index (χ2n) is 5.53. The first kappa shape index (κ1) is 14.1. The summed E-state index contributed by atoms with van der Waals surface area (Å²) in [6, 6.07) is 2.57. The first-order valence-electron chi connectivity index (χ1n) is 7.07. The van der Waals surface area contributed by atoms with Gasteiger partial charge in [-0.05, 0) is 44.7 Å². The van der Waals surface area contributed by atoms with Gasteiger partial charge >= 0.3 is 0 Å². The molecule has 2 heterocycles. The summed E-state index contributed by atoms with van der Waals surface area (Å²) >= 11 is 7.90. The summed E-state index contributed by atoms with van der Waals surface area (Å²) in [5, 5.41) is 8.18. The van der Waals surface area contributed by atoms with Crippen LogP contribution < -0.4 is 5.32 Å². The van der Waals surface area contributed by atoms with E-state index >= 15 is 0 Å². The Hall–Kier alpha value is -0.840. The molecular weight excluding hydrogens is 290 g/mol. The SMILES string of the molecule is Cc1nn(C)c(C)c1CNC1CCCc2sc(Cl)cc21. The Morgan fingerprint density at radius 1 is 1.50 bits per heavy atom. The highest BCUT2D eigenvalue weighted by molar-refractivity contribution is 7.16. The Morgan fingerprint density at radius 3 is 3.00 bits per heavy atom. The molecule has 3 nitrogen and oxygen atoms in total. The van der Waals surface area contributed by atoms with Crippen molar-refractivity contribution in [3.63, 3.8) is 0 Å². The lowest BCUT2D eigenvalue weighted by molar-refractivity contribution is 0.462. The normalized spacial score (nSPS) is 18.3. The zero-order valence-electron chi connectivity index (χ0n) is 12.2. The Balaban J connectivity index is 1.76. The molecule has 0 aliphatic heterocycles. The smallest absolute Gasteiger partial charge is 0.0934 e. The molecule has 0 spiro atoms. The van der Waals surface area contributed by atoms with Crippen molar-refractivity contribution in [3.05, 3.63) is 37.8 Å². The third-order valence-corrected chi connectivity index (χ3v) is 5.61. The molecule has 2 aromatic rings. The van der Waals surface area contributed by atoms with Gasteiger partial charge in [-0.25, -0.2) is 0 Å². The minimum absolute atomic E-state index is 0.432. The molecule has 5 heteroatoms. The Morgan fingerprint density at radius 2 is 2.30 bits per heavy atom. The number of fused-ring (bicyclic) bond motifs is 1. The third-order valence-electron chi connectivity index (χ3n) is 4.27. The number of aryl methyl sites for hydroxylation is 3. The lowest BCUT2D eigenvalue weighted by Gasteiger charge is -2.23. The predicted octanol–water partition coefficient (Wildman–Crippen LogP) is 3.92. The largest absolute Gasteiger partial charge is 0.306 e. The topological polar surface area (TPSA) is 29.9 Å². The maximum Gasteiger partial charge on any atom is 0.0934 e. The van der Waals surface area contributed by atoms with Crippen molar-refractivity contribution in [2.75, 3.05) is 0 Å². The summed E-state index contributed by atoms with van der Waals surface area (Å²) in [6.45, 7) is 5.09. The molecule has 2 aromatic heterocycles. The van der Waals surface area contributed by atoms with Crippen molar-refractivity contribution < 1.29 is 0 Å². The molecule has 0 fully saturated rings. The summed E-state index contributed by atoms with van der Waals surface area (Å²) in [4.78, 5) is 1.46. The predicted molar refractivity (Wildman–Crippen MR) is 84.5 cm³/mol. The summed E-state index contributed by atoms with van der Waals surface area (Å²) in [7, 11) is 2.00. The van der Waals surface area contributed by atoms with Crippen LogP contribution in [-0.4, -0.2) is 9.78 Å². The van der Waals surface area contributed by atoms with Crippen LogP contribution in [0.25, 0.3) is 0 Å². The van der Waals surface area contributed by atoms with Crippen LogP contribution in [0.5, 0.6) is 0 Å². The lowest BCUT2D eigenvalue weighted by Crippen LogP contribution is -2.24. The van der Waals surface area contributed by atoms with E-state index in [0.29, 0.717) is 6.04 Å². The summed E-state index contributed by atoms with van der Waals surface area (Å²) in [5.74, 6) is 0. The highest BCUT2D eigenvalue weighted by atomic mass is 35.5. The highest BCUT2D eigenvalue weighted by Crippen LogP contribution is 2.38. The fourth-order valence-corrected chi connectivity index (χ4v) is 4.42. The Labute approximate surface area is 129 Å². The summed E-state index contributed by atoms with van der Waals surface area (Å²) in [5.41, 5.74) is 5.10. The Bertz CT molecular complexity index is 629. The molecule has 3 rings (SSSR count). The number of thiophene rings is 1. The van der Waals surface area contributed by atoms with Crippen LogP contribution in [0.15, 0.2) is 6.07 Å². The number of rotatable bonds is 3. The molecule has 108 valence electrons. The fourth-order valence-electron chi connectivity index (χ4n) is 3.03. The first-order valence-corrected chi connectivity index (χ1v) is 8.26. The van der Waals surface area contributed by atoms with Gasteiger partial charge in [0.2, 0.25) is 0 Å². The number of halogens is 1. The van der Waals surface area contributed by atoms with E-state index in [2.05, 4.69) is 30.3 Å². The molecule has 0 bridgehead atoms. The quantitative estimate of drug-likeness (QED) is 0.931. The number of hydrogen-bond donors (Lipinski definition) is 1. The van der Waals surface area contributed by atoms with Gasteiger partial charge in [-0.2, -0.15) is 5.10 Å². The van der Waals surface area contributed by atoms with Crippen molar-refractivity contribution in [2.45, 2.75) is 45.7 Å². The average molecular weight is 310 g/mol. The van der Waals surface area contributed by atoms with Crippen LogP contribution in [0.2, 0.25) is 4.34 Å². The van der Waals surface area contributed by atoms with Crippen molar-refractivity contribution in [1.82, 2.24) is 15.1 Å². The second kappa shape index (κ2) is 5.51. The minimum atomic E-state index is 0.432. The van der Waals surface area contributed by atoms with Crippen LogP contribution in [-0.2, 0) is 20.0 Å². The summed E-state index contributed by atoms with van der Waals surface area (Å²) < 4.78 is 2.87. The van der Waals surface area contributed by atoms with Crippen molar-refractivity contribution in [1.29, 1.82) is 0 Å². The molecule has 0 saturated carbocycles. The van der Waals surface area contributed by atoms with Crippen molar-refractivity contribution in [3.8, 4) is 0 Å². The molecule has 1 unspecified atom stereocenters. The molecule has 1 aliphatic carbocycles. The molecule has 1 atom stereocenters. The van der Waals surface area contributed by atoms with E-state index in [1.165, 1.54) is 41.0 Å². The van der Waals surface area contributed by atoms with Gasteiger partial charge in [-0.3, -0.25) is 4.68 Å². The van der Waals surface area contributed by atoms with Gasteiger partial charge in [0.05, 0.1) is 10.0 Å². The van der Waals surface area contributed by atoms with E-state index in [0.717, 1.165) is 16.6 Å². The lowest BCUT2D eigenvalue weighted by atomic mass is 9.94. The average Bonchev–Trinajstić information content (AvgIpc) is 2.89. The van der Waals surface area contributed by atoms with E-state index in [1.807, 2.05) is 11.7 Å². The fraction of sp³-hybridized carbons (Fsp3) is 0.533. The highest BCUT2D eigenvalue weighted by Gasteiger charge is 2.23. The van der Waals surface area contributed by atoms with Gasteiger partial charge in [0.1, 0.15) is 0 Å². The van der Waals surface area contributed by atoms with Crippen LogP contribution in [0.3, 0.4) is 0 Å². The molecule has 1 aliphatic rings. The molecule has 0 amide bonds. The van der Waals surface area contributed by atoms with Gasteiger partial charge < -0.3 is 5.32 Å². The van der Waals surface area contributed by atoms with Crippen LogP contribution in [0.1, 0.15) is 46.3 Å². The zero-order chi connectivity index (χ0) is 14.3. The zero-order valence-corrected chi connectivity index (χ0v) is 13.7. The summed E-state index contributed by atoms with van der Waals surface area (Å²) in [6.07, 6.45) is 3.61. The molecule has 0 aromatic carbocycles. The standard InChI is InChI=1S/C15H20ClN3S/c1-9-12(10(2)19(3)18-9)8-17-13-5-4-6-14-11(13)7-15(16)20-14/h7,13,17H,4-6,8H2,1-3H3. The van der Waals surface area contributed by atoms with Crippen molar-refractivity contribution in [2.24, 2.45) is 7.05 Å². The van der Waals surface area contributed by atoms with Gasteiger partial charge in [-0.15, -0.1) is 11.3 Å². The molecule has 0 radical (unpaired) electrons. The van der Waals surface area contributed by atoms with Gasteiger partial charge in [-0.1, -0.05) is 11.6 Å². The van der Waals surface area contributed by atoms with Gasteiger partial charge in [0.25, 0.3) is 0 Å². The first-order chi connectivity index (χ1) is 9.56. The maximum absolute atomic E-state index is 6.16. The van der Waals surface area contributed by atoms with Gasteiger partial charge in [0, 0.05) is 35.8 Å².